The van der Waals surface area contributed by atoms with E-state index in [-0.39, 0.29) is 25.0 Å². The number of nitrogens with one attached hydrogen (secondary N) is 1. The van der Waals surface area contributed by atoms with Crippen molar-refractivity contribution >= 4 is 17.8 Å². The molecule has 162 valence electrons. The molecule has 0 aromatic heterocycles. The van der Waals surface area contributed by atoms with Crippen LogP contribution >= 0.6 is 0 Å². The van der Waals surface area contributed by atoms with E-state index >= 15 is 0 Å². The molecule has 0 fully saturated rings. The molecule has 0 unspecified atom stereocenters. The van der Waals surface area contributed by atoms with Crippen molar-refractivity contribution in [3.8, 4) is 5.75 Å². The molecule has 0 saturated heterocycles. The second-order valence-corrected chi connectivity index (χ2v) is 7.31. The molecule has 1 atom stereocenters. The van der Waals surface area contributed by atoms with Gasteiger partial charge in [0.2, 0.25) is 0 Å². The maximum absolute atomic E-state index is 12.9. The van der Waals surface area contributed by atoms with E-state index in [0.29, 0.717) is 22.6 Å². The second-order valence-electron chi connectivity index (χ2n) is 7.31. The number of amides is 2. The van der Waals surface area contributed by atoms with Crippen molar-refractivity contribution < 1.29 is 23.9 Å². The molecule has 0 bridgehead atoms. The van der Waals surface area contributed by atoms with Crippen LogP contribution in [0.4, 0.5) is 4.79 Å². The van der Waals surface area contributed by atoms with Crippen LogP contribution < -0.4 is 10.1 Å². The lowest BCUT2D eigenvalue weighted by Crippen LogP contribution is -2.48. The molecule has 0 aliphatic carbocycles. The van der Waals surface area contributed by atoms with Gasteiger partial charge in [-0.25, -0.2) is 9.59 Å². The molecule has 1 N–H and O–H groups in total. The summed E-state index contributed by atoms with van der Waals surface area (Å²) in [5, 5.41) is 2.88. The largest absolute Gasteiger partial charge is 0.487 e. The third-order valence-electron chi connectivity index (χ3n) is 5.08. The van der Waals surface area contributed by atoms with Crippen molar-refractivity contribution in [3.05, 3.63) is 76.5 Å². The van der Waals surface area contributed by atoms with Crippen LogP contribution in [0.5, 0.6) is 5.75 Å². The smallest absolute Gasteiger partial charge is 0.338 e. The summed E-state index contributed by atoms with van der Waals surface area (Å²) < 4.78 is 11.2. The van der Waals surface area contributed by atoms with Gasteiger partial charge in [0.15, 0.2) is 5.78 Å². The quantitative estimate of drug-likeness (QED) is 0.542. The van der Waals surface area contributed by atoms with Crippen LogP contribution in [0, 0.1) is 6.92 Å². The number of Topliss-reactive ketones (excluding diaryl/α,β-unsaturated/α-hetero) is 1. The number of benzene rings is 2. The Morgan fingerprint density at radius 1 is 1.13 bits per heavy atom. The maximum atomic E-state index is 12.9. The zero-order valence-corrected chi connectivity index (χ0v) is 18.1. The Bertz CT molecular complexity index is 1030. The number of likely N-dealkylation sites (N-methyl/N-ethyl adjacent to an activating group) is 1. The molecule has 0 radical (unpaired) electrons. The first-order chi connectivity index (χ1) is 14.8. The molecule has 1 aliphatic heterocycles. The van der Waals surface area contributed by atoms with Gasteiger partial charge in [-0.05, 0) is 50.6 Å². The molecule has 7 heteroatoms. The van der Waals surface area contributed by atoms with E-state index in [1.54, 1.807) is 38.2 Å². The number of urea groups is 1. The molecular weight excluding hydrogens is 396 g/mol. The van der Waals surface area contributed by atoms with E-state index in [2.05, 4.69) is 5.32 Å². The predicted octanol–water partition coefficient (Wildman–Crippen LogP) is 3.79. The van der Waals surface area contributed by atoms with Gasteiger partial charge in [-0.1, -0.05) is 29.8 Å². The van der Waals surface area contributed by atoms with Gasteiger partial charge in [0.25, 0.3) is 0 Å². The van der Waals surface area contributed by atoms with Crippen molar-refractivity contribution in [3.63, 3.8) is 0 Å². The monoisotopic (exact) mass is 422 g/mol. The third-order valence-corrected chi connectivity index (χ3v) is 5.08. The summed E-state index contributed by atoms with van der Waals surface area (Å²) in [6.07, 6.45) is 0. The highest BCUT2D eigenvalue weighted by Crippen LogP contribution is 2.31. The number of carbonyl (C=O) groups excluding carboxylic acids is 3. The number of nitrogens with zero attached hydrogens (tertiary/aromatic N) is 1. The number of ether oxygens (including phenoxy) is 2. The SMILES string of the molecule is CCOC(=O)C1=C(COc2ccc(C(C)=O)cc2)N(C)C(=O)N[C@@H]1c1cccc(C)c1. The summed E-state index contributed by atoms with van der Waals surface area (Å²) in [6.45, 7) is 5.37. The molecule has 3 rings (SSSR count). The average Bonchev–Trinajstić information content (AvgIpc) is 2.74. The number of hydrogen-bond acceptors (Lipinski definition) is 5. The number of carbonyl (C=O) groups is 3. The first kappa shape index (κ1) is 22.1. The number of rotatable bonds is 7. The Balaban J connectivity index is 1.99. The Morgan fingerprint density at radius 3 is 2.45 bits per heavy atom. The second kappa shape index (κ2) is 9.47. The molecule has 0 saturated carbocycles. The minimum absolute atomic E-state index is 0.0141. The van der Waals surface area contributed by atoms with E-state index in [1.165, 1.54) is 11.8 Å². The topological polar surface area (TPSA) is 84.9 Å². The van der Waals surface area contributed by atoms with Crippen molar-refractivity contribution in [1.29, 1.82) is 0 Å². The lowest BCUT2D eigenvalue weighted by Gasteiger charge is -2.34. The van der Waals surface area contributed by atoms with E-state index < -0.39 is 12.0 Å². The average molecular weight is 422 g/mol. The van der Waals surface area contributed by atoms with Gasteiger partial charge >= 0.3 is 12.0 Å². The highest BCUT2D eigenvalue weighted by molar-refractivity contribution is 5.95. The number of aryl methyl sites for hydroxylation is 1. The van der Waals surface area contributed by atoms with E-state index in [1.807, 2.05) is 31.2 Å². The minimum atomic E-state index is -0.652. The minimum Gasteiger partial charge on any atom is -0.487 e. The normalized spacial score (nSPS) is 16.1. The fourth-order valence-corrected chi connectivity index (χ4v) is 3.42. The van der Waals surface area contributed by atoms with Crippen LogP contribution in [0.3, 0.4) is 0 Å². The van der Waals surface area contributed by atoms with Crippen molar-refractivity contribution in [2.24, 2.45) is 0 Å². The van der Waals surface area contributed by atoms with E-state index in [0.717, 1.165) is 11.1 Å². The van der Waals surface area contributed by atoms with Gasteiger partial charge in [-0.15, -0.1) is 0 Å². The molecule has 31 heavy (non-hydrogen) atoms. The van der Waals surface area contributed by atoms with Crippen LogP contribution in [0.1, 0.15) is 41.4 Å². The van der Waals surface area contributed by atoms with Crippen molar-refractivity contribution in [1.82, 2.24) is 10.2 Å². The third kappa shape index (κ3) is 4.94. The molecule has 0 spiro atoms. The fourth-order valence-electron chi connectivity index (χ4n) is 3.42. The van der Waals surface area contributed by atoms with Gasteiger partial charge < -0.3 is 14.8 Å². The van der Waals surface area contributed by atoms with Crippen LogP contribution in [0.15, 0.2) is 59.8 Å². The Hall–Kier alpha value is -3.61. The van der Waals surface area contributed by atoms with Gasteiger partial charge in [-0.2, -0.15) is 0 Å². The fraction of sp³-hybridized carbons (Fsp3) is 0.292. The zero-order chi connectivity index (χ0) is 22.5. The highest BCUT2D eigenvalue weighted by atomic mass is 16.5. The Labute approximate surface area is 181 Å². The summed E-state index contributed by atoms with van der Waals surface area (Å²) in [6, 6.07) is 13.3. The Morgan fingerprint density at radius 2 is 1.84 bits per heavy atom. The Kier molecular flexibility index (Phi) is 6.74. The van der Waals surface area contributed by atoms with E-state index in [4.69, 9.17) is 9.47 Å². The van der Waals surface area contributed by atoms with Gasteiger partial charge in [0, 0.05) is 12.6 Å². The van der Waals surface area contributed by atoms with Crippen LogP contribution in [-0.4, -0.2) is 42.9 Å². The molecule has 7 nitrogen and oxygen atoms in total. The highest BCUT2D eigenvalue weighted by Gasteiger charge is 2.37. The van der Waals surface area contributed by atoms with Crippen molar-refractivity contribution in [2.45, 2.75) is 26.8 Å². The number of ketones is 1. The summed E-state index contributed by atoms with van der Waals surface area (Å²) >= 11 is 0. The molecule has 1 aliphatic rings. The van der Waals surface area contributed by atoms with Gasteiger partial charge in [0.1, 0.15) is 12.4 Å². The lowest BCUT2D eigenvalue weighted by atomic mass is 9.94. The maximum Gasteiger partial charge on any atom is 0.338 e. The first-order valence-electron chi connectivity index (χ1n) is 10.1. The van der Waals surface area contributed by atoms with Crippen molar-refractivity contribution in [2.75, 3.05) is 20.3 Å². The van der Waals surface area contributed by atoms with E-state index in [9.17, 15) is 14.4 Å². The first-order valence-corrected chi connectivity index (χ1v) is 10.1. The van der Waals surface area contributed by atoms with Gasteiger partial charge in [0.05, 0.1) is 23.9 Å². The van der Waals surface area contributed by atoms with Crippen LogP contribution in [0.2, 0.25) is 0 Å². The summed E-state index contributed by atoms with van der Waals surface area (Å²) in [7, 11) is 1.58. The number of esters is 1. The molecule has 1 heterocycles. The summed E-state index contributed by atoms with van der Waals surface area (Å²) in [5.74, 6) is -0.0258. The molecule has 2 amide bonds. The molecule has 2 aromatic carbocycles. The number of hydrogen-bond donors (Lipinski definition) is 1. The summed E-state index contributed by atoms with van der Waals surface area (Å²) in [5.41, 5.74) is 3.12. The lowest BCUT2D eigenvalue weighted by molar-refractivity contribution is -0.139. The molecular formula is C24H26N2O5. The van der Waals surface area contributed by atoms with Crippen LogP contribution in [-0.2, 0) is 9.53 Å². The predicted molar refractivity (Wildman–Crippen MR) is 116 cm³/mol. The standard InChI is InChI=1S/C24H26N2O5/c1-5-30-23(28)21-20(14-31-19-11-9-17(10-12-19)16(3)27)26(4)24(29)25-22(21)18-8-6-7-15(2)13-18/h6-13,22H,5,14H2,1-4H3,(H,25,29)/t22-/m1/s1. The van der Waals surface area contributed by atoms with Crippen LogP contribution in [0.25, 0.3) is 0 Å². The molecule has 2 aromatic rings. The zero-order valence-electron chi connectivity index (χ0n) is 18.1. The van der Waals surface area contributed by atoms with Gasteiger partial charge in [-0.3, -0.25) is 9.69 Å². The summed E-state index contributed by atoms with van der Waals surface area (Å²) in [4.78, 5) is 38.4.